The summed E-state index contributed by atoms with van der Waals surface area (Å²) in [4.78, 5) is 10.8. The molecule has 1 aromatic heterocycles. The number of carbonyl (C=O) groups is 1. The zero-order valence-corrected chi connectivity index (χ0v) is 13.3. The Morgan fingerprint density at radius 2 is 2.18 bits per heavy atom. The lowest BCUT2D eigenvalue weighted by molar-refractivity contribution is 0.0697. The maximum Gasteiger partial charge on any atom is 0.337 e. The van der Waals surface area contributed by atoms with Gasteiger partial charge in [0.1, 0.15) is 0 Å². The van der Waals surface area contributed by atoms with Gasteiger partial charge in [0, 0.05) is 26.0 Å². The van der Waals surface area contributed by atoms with Crippen molar-refractivity contribution in [2.24, 2.45) is 0 Å². The van der Waals surface area contributed by atoms with E-state index in [9.17, 15) is 13.2 Å². The van der Waals surface area contributed by atoms with Gasteiger partial charge < -0.3 is 5.11 Å². The van der Waals surface area contributed by atoms with E-state index in [-0.39, 0.29) is 22.0 Å². The van der Waals surface area contributed by atoms with Crippen molar-refractivity contribution in [2.75, 3.05) is 13.6 Å². The second-order valence-electron chi connectivity index (χ2n) is 4.54. The van der Waals surface area contributed by atoms with E-state index in [1.54, 1.807) is 23.1 Å². The highest BCUT2D eigenvalue weighted by Crippen LogP contribution is 2.22. The van der Waals surface area contributed by atoms with Crippen LogP contribution in [-0.2, 0) is 16.6 Å². The van der Waals surface area contributed by atoms with E-state index in [0.717, 1.165) is 6.07 Å². The van der Waals surface area contributed by atoms with Crippen molar-refractivity contribution in [3.63, 3.8) is 0 Å². The van der Waals surface area contributed by atoms with Gasteiger partial charge in [0.2, 0.25) is 10.0 Å². The molecule has 0 aliphatic heterocycles. The van der Waals surface area contributed by atoms with Crippen molar-refractivity contribution < 1.29 is 18.3 Å². The predicted octanol–water partition coefficient (Wildman–Crippen LogP) is 1.56. The molecule has 1 aromatic carbocycles. The normalized spacial score (nSPS) is 11.8. The molecule has 7 nitrogen and oxygen atoms in total. The molecule has 0 radical (unpaired) electrons. The number of carboxylic acids is 1. The number of hydrogen-bond donors (Lipinski definition) is 1. The number of halogens is 1. The number of rotatable bonds is 6. The summed E-state index contributed by atoms with van der Waals surface area (Å²) in [7, 11) is -2.30. The van der Waals surface area contributed by atoms with Crippen molar-refractivity contribution in [3.05, 3.63) is 47.2 Å². The summed E-state index contributed by atoms with van der Waals surface area (Å²) in [5.41, 5.74) is -0.139. The Morgan fingerprint density at radius 1 is 1.45 bits per heavy atom. The Labute approximate surface area is 132 Å². The average molecular weight is 344 g/mol. The summed E-state index contributed by atoms with van der Waals surface area (Å²) in [6.45, 7) is 0.631. The topological polar surface area (TPSA) is 92.5 Å². The first-order valence-corrected chi connectivity index (χ1v) is 8.11. The van der Waals surface area contributed by atoms with Gasteiger partial charge in [-0.1, -0.05) is 11.6 Å². The molecule has 0 aliphatic rings. The molecular formula is C13H14ClN3O4S. The van der Waals surface area contributed by atoms with Gasteiger partial charge in [0.15, 0.2) is 0 Å². The molecule has 1 N–H and O–H groups in total. The summed E-state index contributed by atoms with van der Waals surface area (Å²) < 4.78 is 27.6. The van der Waals surface area contributed by atoms with Crippen LogP contribution in [0.5, 0.6) is 0 Å². The van der Waals surface area contributed by atoms with Gasteiger partial charge in [-0.2, -0.15) is 9.40 Å². The number of benzene rings is 1. The molecule has 118 valence electrons. The molecular weight excluding hydrogens is 330 g/mol. The number of hydrogen-bond acceptors (Lipinski definition) is 4. The smallest absolute Gasteiger partial charge is 0.337 e. The van der Waals surface area contributed by atoms with E-state index in [2.05, 4.69) is 5.10 Å². The van der Waals surface area contributed by atoms with Crippen molar-refractivity contribution in [1.29, 1.82) is 0 Å². The summed E-state index contributed by atoms with van der Waals surface area (Å²) in [6, 6.07) is 5.30. The fraction of sp³-hybridized carbons (Fsp3) is 0.231. The standard InChI is InChI=1S/C13H14ClN3O4S/c1-16(7-8-17-6-2-5-15-17)22(20,21)10-3-4-11(13(18)19)12(14)9-10/h2-6,9H,7-8H2,1H3,(H,18,19). The third-order valence-corrected chi connectivity index (χ3v) is 5.25. The van der Waals surface area contributed by atoms with Crippen LogP contribution in [-0.4, -0.2) is 47.2 Å². The lowest BCUT2D eigenvalue weighted by Gasteiger charge is -2.17. The minimum Gasteiger partial charge on any atom is -0.478 e. The fourth-order valence-electron chi connectivity index (χ4n) is 1.81. The molecule has 0 amide bonds. The number of carboxylic acid groups (broad SMARTS) is 1. The van der Waals surface area contributed by atoms with Crippen LogP contribution < -0.4 is 0 Å². The lowest BCUT2D eigenvalue weighted by atomic mass is 10.2. The molecule has 2 aromatic rings. The molecule has 22 heavy (non-hydrogen) atoms. The van der Waals surface area contributed by atoms with Gasteiger partial charge in [0.25, 0.3) is 0 Å². The Balaban J connectivity index is 2.18. The van der Waals surface area contributed by atoms with Crippen LogP contribution in [0.1, 0.15) is 10.4 Å². The van der Waals surface area contributed by atoms with Crippen molar-refractivity contribution in [1.82, 2.24) is 14.1 Å². The van der Waals surface area contributed by atoms with E-state index in [4.69, 9.17) is 16.7 Å². The number of likely N-dealkylation sites (N-methyl/N-ethyl adjacent to an activating group) is 1. The molecule has 0 saturated heterocycles. The first kappa shape index (κ1) is 16.5. The Hall–Kier alpha value is -1.90. The van der Waals surface area contributed by atoms with E-state index < -0.39 is 16.0 Å². The number of nitrogens with zero attached hydrogens (tertiary/aromatic N) is 3. The zero-order valence-electron chi connectivity index (χ0n) is 11.7. The summed E-state index contributed by atoms with van der Waals surface area (Å²) >= 11 is 5.82. The van der Waals surface area contributed by atoms with Crippen LogP contribution in [0.25, 0.3) is 0 Å². The van der Waals surface area contributed by atoms with Gasteiger partial charge in [-0.05, 0) is 24.3 Å². The van der Waals surface area contributed by atoms with E-state index in [0.29, 0.717) is 6.54 Å². The van der Waals surface area contributed by atoms with Crippen molar-refractivity contribution in [3.8, 4) is 0 Å². The fourth-order valence-corrected chi connectivity index (χ4v) is 3.32. The maximum absolute atomic E-state index is 12.4. The largest absolute Gasteiger partial charge is 0.478 e. The highest BCUT2D eigenvalue weighted by atomic mass is 35.5. The number of aromatic carboxylic acids is 1. The van der Waals surface area contributed by atoms with Crippen LogP contribution in [0.2, 0.25) is 5.02 Å². The molecule has 1 heterocycles. The van der Waals surface area contributed by atoms with Gasteiger partial charge in [-0.15, -0.1) is 0 Å². The Kier molecular flexibility index (Phi) is 4.84. The van der Waals surface area contributed by atoms with E-state index in [1.807, 2.05) is 0 Å². The molecule has 9 heteroatoms. The molecule has 0 spiro atoms. The summed E-state index contributed by atoms with van der Waals surface area (Å²) in [6.07, 6.45) is 3.35. The van der Waals surface area contributed by atoms with E-state index in [1.165, 1.54) is 23.5 Å². The second kappa shape index (κ2) is 6.47. The minimum absolute atomic E-state index is 0.0505. The van der Waals surface area contributed by atoms with Gasteiger partial charge >= 0.3 is 5.97 Å². The maximum atomic E-state index is 12.4. The van der Waals surface area contributed by atoms with E-state index >= 15 is 0 Å². The van der Waals surface area contributed by atoms with Crippen molar-refractivity contribution >= 4 is 27.6 Å². The van der Waals surface area contributed by atoms with Gasteiger partial charge in [-0.25, -0.2) is 13.2 Å². The average Bonchev–Trinajstić information content (AvgIpc) is 2.97. The SMILES string of the molecule is CN(CCn1cccn1)S(=O)(=O)c1ccc(C(=O)O)c(Cl)c1. The molecule has 0 bridgehead atoms. The van der Waals surface area contributed by atoms with Gasteiger partial charge in [-0.3, -0.25) is 4.68 Å². The highest BCUT2D eigenvalue weighted by molar-refractivity contribution is 7.89. The molecule has 0 atom stereocenters. The Morgan fingerprint density at radius 3 is 2.73 bits per heavy atom. The van der Waals surface area contributed by atoms with Crippen LogP contribution >= 0.6 is 11.6 Å². The molecule has 0 unspecified atom stereocenters. The second-order valence-corrected chi connectivity index (χ2v) is 6.99. The van der Waals surface area contributed by atoms with Crippen LogP contribution in [0.15, 0.2) is 41.6 Å². The monoisotopic (exact) mass is 343 g/mol. The number of aromatic nitrogens is 2. The first-order valence-electron chi connectivity index (χ1n) is 6.29. The summed E-state index contributed by atoms with van der Waals surface area (Å²) in [5, 5.41) is 12.8. The summed E-state index contributed by atoms with van der Waals surface area (Å²) in [5.74, 6) is -1.21. The quantitative estimate of drug-likeness (QED) is 0.859. The minimum atomic E-state index is -3.74. The molecule has 0 aliphatic carbocycles. The van der Waals surface area contributed by atoms with Crippen LogP contribution in [0.3, 0.4) is 0 Å². The lowest BCUT2D eigenvalue weighted by Crippen LogP contribution is -2.30. The molecule has 0 saturated carbocycles. The van der Waals surface area contributed by atoms with Crippen LogP contribution in [0.4, 0.5) is 0 Å². The number of sulfonamides is 1. The highest BCUT2D eigenvalue weighted by Gasteiger charge is 2.22. The third kappa shape index (κ3) is 3.46. The molecule has 2 rings (SSSR count). The van der Waals surface area contributed by atoms with Crippen LogP contribution in [0, 0.1) is 0 Å². The molecule has 0 fully saturated rings. The Bertz CT molecular complexity index is 775. The zero-order chi connectivity index (χ0) is 16.3. The van der Waals surface area contributed by atoms with Crippen molar-refractivity contribution in [2.45, 2.75) is 11.4 Å². The first-order chi connectivity index (χ1) is 10.3. The predicted molar refractivity (Wildman–Crippen MR) is 80.5 cm³/mol. The third-order valence-electron chi connectivity index (χ3n) is 3.08. The van der Waals surface area contributed by atoms with Gasteiger partial charge in [0.05, 0.1) is 22.0 Å².